The molecular weight excluding hydrogens is 258 g/mol. The Bertz CT molecular complexity index is 395. The third-order valence-corrected chi connectivity index (χ3v) is 4.04. The predicted octanol–water partition coefficient (Wildman–Crippen LogP) is 3.38. The van der Waals surface area contributed by atoms with Crippen LogP contribution in [0.25, 0.3) is 0 Å². The van der Waals surface area contributed by atoms with Crippen molar-refractivity contribution in [1.29, 1.82) is 0 Å². The van der Waals surface area contributed by atoms with Gasteiger partial charge in [0, 0.05) is 38.4 Å². The van der Waals surface area contributed by atoms with E-state index in [1.54, 1.807) is 0 Å². The molecule has 0 aliphatic rings. The van der Waals surface area contributed by atoms with Crippen LogP contribution in [0.1, 0.15) is 38.8 Å². The molecule has 0 saturated carbocycles. The molecule has 1 aromatic rings. The lowest BCUT2D eigenvalue weighted by Gasteiger charge is -2.28. The van der Waals surface area contributed by atoms with Crippen LogP contribution in [-0.4, -0.2) is 45.7 Å². The lowest BCUT2D eigenvalue weighted by Crippen LogP contribution is -2.39. The van der Waals surface area contributed by atoms with Gasteiger partial charge >= 0.3 is 0 Å². The molecule has 2 unspecified atom stereocenters. The van der Waals surface area contributed by atoms with E-state index < -0.39 is 0 Å². The number of hydrogen-bond donors (Lipinski definition) is 1. The van der Waals surface area contributed by atoms with E-state index >= 15 is 0 Å². The Morgan fingerprint density at radius 1 is 0.952 bits per heavy atom. The molecule has 0 spiro atoms. The van der Waals surface area contributed by atoms with Crippen molar-refractivity contribution in [3.05, 3.63) is 29.8 Å². The van der Waals surface area contributed by atoms with Gasteiger partial charge in [0.15, 0.2) is 0 Å². The Morgan fingerprint density at radius 3 is 1.95 bits per heavy atom. The topological polar surface area (TPSA) is 18.5 Å². The summed E-state index contributed by atoms with van der Waals surface area (Å²) in [6.07, 6.45) is 1.23. The molecule has 0 heterocycles. The molecule has 2 atom stereocenters. The van der Waals surface area contributed by atoms with Crippen LogP contribution in [0.5, 0.6) is 0 Å². The first-order valence-corrected chi connectivity index (χ1v) is 7.98. The fourth-order valence-corrected chi connectivity index (χ4v) is 2.51. The van der Waals surface area contributed by atoms with Gasteiger partial charge < -0.3 is 15.1 Å². The third-order valence-electron chi connectivity index (χ3n) is 4.04. The molecule has 120 valence electrons. The van der Waals surface area contributed by atoms with Crippen molar-refractivity contribution in [2.45, 2.75) is 39.3 Å². The van der Waals surface area contributed by atoms with Crippen molar-refractivity contribution in [3.8, 4) is 0 Å². The van der Waals surface area contributed by atoms with Gasteiger partial charge in [-0.2, -0.15) is 0 Å². The van der Waals surface area contributed by atoms with Gasteiger partial charge in [0.2, 0.25) is 0 Å². The molecule has 21 heavy (non-hydrogen) atoms. The summed E-state index contributed by atoms with van der Waals surface area (Å²) in [6.45, 7) is 7.86. The highest BCUT2D eigenvalue weighted by molar-refractivity contribution is 5.46. The van der Waals surface area contributed by atoms with Crippen LogP contribution in [0.15, 0.2) is 24.3 Å². The van der Waals surface area contributed by atoms with Crippen LogP contribution in [0.2, 0.25) is 0 Å². The van der Waals surface area contributed by atoms with Gasteiger partial charge in [-0.05, 0) is 51.1 Å². The molecule has 1 rings (SSSR count). The van der Waals surface area contributed by atoms with E-state index in [1.165, 1.54) is 17.7 Å². The number of benzene rings is 1. The second kappa shape index (κ2) is 8.40. The van der Waals surface area contributed by atoms with Crippen LogP contribution < -0.4 is 10.2 Å². The first-order chi connectivity index (χ1) is 9.81. The molecule has 0 radical (unpaired) electrons. The third kappa shape index (κ3) is 6.06. The van der Waals surface area contributed by atoms with Crippen molar-refractivity contribution >= 4 is 5.69 Å². The standard InChI is InChI=1S/C18H33N3/c1-14(2)12-18(21(6)7)13-19-15(3)16-8-10-17(11-9-16)20(4)5/h8-11,14-15,18-19H,12-13H2,1-7H3. The zero-order valence-electron chi connectivity index (χ0n) is 14.9. The first-order valence-electron chi connectivity index (χ1n) is 7.98. The molecule has 0 saturated heterocycles. The Balaban J connectivity index is 2.57. The molecule has 0 amide bonds. The van der Waals surface area contributed by atoms with E-state index in [1.807, 2.05) is 0 Å². The lowest BCUT2D eigenvalue weighted by molar-refractivity contribution is 0.242. The summed E-state index contributed by atoms with van der Waals surface area (Å²) in [4.78, 5) is 4.46. The van der Waals surface area contributed by atoms with Crippen molar-refractivity contribution in [2.75, 3.05) is 39.6 Å². The second-order valence-electron chi connectivity index (χ2n) is 6.86. The van der Waals surface area contributed by atoms with Gasteiger partial charge in [-0.15, -0.1) is 0 Å². The van der Waals surface area contributed by atoms with E-state index in [0.29, 0.717) is 12.1 Å². The van der Waals surface area contributed by atoms with Gasteiger partial charge in [-0.1, -0.05) is 26.0 Å². The fourth-order valence-electron chi connectivity index (χ4n) is 2.51. The largest absolute Gasteiger partial charge is 0.378 e. The minimum absolute atomic E-state index is 0.385. The highest BCUT2D eigenvalue weighted by Gasteiger charge is 2.15. The minimum Gasteiger partial charge on any atom is -0.378 e. The van der Waals surface area contributed by atoms with Crippen LogP contribution in [0.3, 0.4) is 0 Å². The predicted molar refractivity (Wildman–Crippen MR) is 94.1 cm³/mol. The number of anilines is 1. The Labute approximate surface area is 131 Å². The minimum atomic E-state index is 0.385. The lowest BCUT2D eigenvalue weighted by atomic mass is 10.0. The SMILES string of the molecule is CC(C)CC(CNC(C)c1ccc(N(C)C)cc1)N(C)C. The normalized spacial score (nSPS) is 14.5. The van der Waals surface area contributed by atoms with Gasteiger partial charge in [0.25, 0.3) is 0 Å². The first kappa shape index (κ1) is 18.0. The summed E-state index contributed by atoms with van der Waals surface area (Å²) in [6, 6.07) is 9.79. The van der Waals surface area contributed by atoms with Crippen molar-refractivity contribution in [1.82, 2.24) is 10.2 Å². The molecule has 0 aromatic heterocycles. The summed E-state index contributed by atoms with van der Waals surface area (Å²) in [7, 11) is 8.49. The maximum Gasteiger partial charge on any atom is 0.0361 e. The quantitative estimate of drug-likeness (QED) is 0.792. The molecule has 1 aromatic carbocycles. The van der Waals surface area contributed by atoms with Crippen LogP contribution in [0.4, 0.5) is 5.69 Å². The maximum absolute atomic E-state index is 3.68. The van der Waals surface area contributed by atoms with Crippen LogP contribution in [-0.2, 0) is 0 Å². The Kier molecular flexibility index (Phi) is 7.20. The van der Waals surface area contributed by atoms with Gasteiger partial charge in [0.1, 0.15) is 0 Å². The average Bonchev–Trinajstić information content (AvgIpc) is 2.42. The van der Waals surface area contributed by atoms with E-state index in [4.69, 9.17) is 0 Å². The molecule has 0 fully saturated rings. The highest BCUT2D eigenvalue weighted by Crippen LogP contribution is 2.18. The molecular formula is C18H33N3. The monoisotopic (exact) mass is 291 g/mol. The zero-order valence-corrected chi connectivity index (χ0v) is 14.9. The number of nitrogens with zero attached hydrogens (tertiary/aromatic N) is 2. The molecule has 0 bridgehead atoms. The smallest absolute Gasteiger partial charge is 0.0361 e. The summed E-state index contributed by atoms with van der Waals surface area (Å²) in [5.41, 5.74) is 2.60. The number of likely N-dealkylation sites (N-methyl/N-ethyl adjacent to an activating group) is 1. The summed E-state index contributed by atoms with van der Waals surface area (Å²) >= 11 is 0. The maximum atomic E-state index is 3.68. The van der Waals surface area contributed by atoms with E-state index in [2.05, 4.69) is 88.3 Å². The Morgan fingerprint density at radius 2 is 1.52 bits per heavy atom. The molecule has 3 heteroatoms. The molecule has 0 aliphatic carbocycles. The average molecular weight is 291 g/mol. The van der Waals surface area contributed by atoms with Crippen molar-refractivity contribution < 1.29 is 0 Å². The number of hydrogen-bond acceptors (Lipinski definition) is 3. The summed E-state index contributed by atoms with van der Waals surface area (Å²) in [5, 5.41) is 3.68. The van der Waals surface area contributed by atoms with Gasteiger partial charge in [0.05, 0.1) is 0 Å². The number of rotatable bonds is 8. The molecule has 1 N–H and O–H groups in total. The molecule has 3 nitrogen and oxygen atoms in total. The zero-order chi connectivity index (χ0) is 16.0. The highest BCUT2D eigenvalue weighted by atomic mass is 15.1. The number of nitrogens with one attached hydrogen (secondary N) is 1. The Hall–Kier alpha value is -1.06. The van der Waals surface area contributed by atoms with E-state index in [-0.39, 0.29) is 0 Å². The van der Waals surface area contributed by atoms with Gasteiger partial charge in [-0.3, -0.25) is 0 Å². The summed E-state index contributed by atoms with van der Waals surface area (Å²) < 4.78 is 0. The van der Waals surface area contributed by atoms with Crippen LogP contribution in [0, 0.1) is 5.92 Å². The van der Waals surface area contributed by atoms with Crippen molar-refractivity contribution in [2.24, 2.45) is 5.92 Å². The molecule has 0 aliphatic heterocycles. The van der Waals surface area contributed by atoms with Crippen molar-refractivity contribution in [3.63, 3.8) is 0 Å². The van der Waals surface area contributed by atoms with Crippen LogP contribution >= 0.6 is 0 Å². The fraction of sp³-hybridized carbons (Fsp3) is 0.667. The van der Waals surface area contributed by atoms with E-state index in [9.17, 15) is 0 Å². The second-order valence-corrected chi connectivity index (χ2v) is 6.86. The van der Waals surface area contributed by atoms with Gasteiger partial charge in [-0.25, -0.2) is 0 Å². The van der Waals surface area contributed by atoms with E-state index in [0.717, 1.165) is 12.5 Å². The summed E-state index contributed by atoms with van der Waals surface area (Å²) in [5.74, 6) is 0.730.